The molecule has 0 spiro atoms. The van der Waals surface area contributed by atoms with Crippen LogP contribution in [-0.4, -0.2) is 62.0 Å². The summed E-state index contributed by atoms with van der Waals surface area (Å²) in [5.74, 6) is 1.42. The summed E-state index contributed by atoms with van der Waals surface area (Å²) in [5.41, 5.74) is 2.31. The number of ether oxygens (including phenoxy) is 3. The standard InChI is InChI=1S/C24H25N3O4/c28-24(21-7-6-19-3-1-2-4-20(19)25-21)27(10-9-26-11-13-29-14-12-26)16-18-5-8-22-23(15-18)31-17-30-22/h1-8,15H,9-14,16-17H2/p+1. The number of para-hydroxylation sites is 1. The molecule has 1 amide bonds. The molecule has 0 saturated carbocycles. The normalized spacial score (nSPS) is 15.9. The number of morpholine rings is 1. The van der Waals surface area contributed by atoms with Gasteiger partial charge in [-0.05, 0) is 29.8 Å². The number of amides is 1. The van der Waals surface area contributed by atoms with Crippen LogP contribution in [0.3, 0.4) is 0 Å². The van der Waals surface area contributed by atoms with Gasteiger partial charge in [-0.15, -0.1) is 0 Å². The minimum atomic E-state index is -0.0592. The molecule has 1 fully saturated rings. The van der Waals surface area contributed by atoms with Crippen molar-refractivity contribution in [2.45, 2.75) is 6.54 Å². The van der Waals surface area contributed by atoms with Crippen molar-refractivity contribution < 1.29 is 23.9 Å². The highest BCUT2D eigenvalue weighted by Crippen LogP contribution is 2.32. The monoisotopic (exact) mass is 420 g/mol. The Morgan fingerprint density at radius 1 is 1.00 bits per heavy atom. The lowest BCUT2D eigenvalue weighted by molar-refractivity contribution is -0.907. The zero-order valence-corrected chi connectivity index (χ0v) is 17.4. The largest absolute Gasteiger partial charge is 0.454 e. The number of fused-ring (bicyclic) bond motifs is 2. The van der Waals surface area contributed by atoms with E-state index in [0.717, 1.165) is 60.8 Å². The molecule has 1 saturated heterocycles. The summed E-state index contributed by atoms with van der Waals surface area (Å²) in [5, 5.41) is 1.03. The summed E-state index contributed by atoms with van der Waals surface area (Å²) >= 11 is 0. The Labute approximate surface area is 181 Å². The Kier molecular flexibility index (Phi) is 5.69. The van der Waals surface area contributed by atoms with Gasteiger partial charge >= 0.3 is 0 Å². The molecule has 0 atom stereocenters. The average Bonchev–Trinajstić information content (AvgIpc) is 3.29. The molecule has 2 aliphatic rings. The summed E-state index contributed by atoms with van der Waals surface area (Å²) in [6, 6.07) is 17.5. The molecule has 0 unspecified atom stereocenters. The first-order chi connectivity index (χ1) is 15.3. The van der Waals surface area contributed by atoms with E-state index in [-0.39, 0.29) is 12.7 Å². The van der Waals surface area contributed by atoms with Crippen LogP contribution in [0.2, 0.25) is 0 Å². The summed E-state index contributed by atoms with van der Waals surface area (Å²) in [6.45, 7) is 5.76. The maximum atomic E-state index is 13.5. The van der Waals surface area contributed by atoms with Gasteiger partial charge in [0, 0.05) is 11.9 Å². The summed E-state index contributed by atoms with van der Waals surface area (Å²) in [4.78, 5) is 21.4. The van der Waals surface area contributed by atoms with Crippen LogP contribution in [0, 0.1) is 0 Å². The lowest BCUT2D eigenvalue weighted by atomic mass is 10.1. The first kappa shape index (κ1) is 19.8. The Hall–Kier alpha value is -3.16. The number of nitrogens with zero attached hydrogens (tertiary/aromatic N) is 2. The van der Waals surface area contributed by atoms with Gasteiger partial charge in [-0.1, -0.05) is 30.3 Å². The predicted octanol–water partition coefficient (Wildman–Crippen LogP) is 1.52. The van der Waals surface area contributed by atoms with E-state index in [1.54, 1.807) is 0 Å². The average molecular weight is 420 g/mol. The molecular weight excluding hydrogens is 394 g/mol. The minimum absolute atomic E-state index is 0.0592. The van der Waals surface area contributed by atoms with Crippen molar-refractivity contribution in [3.05, 3.63) is 65.9 Å². The summed E-state index contributed by atoms with van der Waals surface area (Å²) < 4.78 is 16.4. The lowest BCUT2D eigenvalue weighted by Crippen LogP contribution is -3.14. The van der Waals surface area contributed by atoms with Gasteiger partial charge in [-0.25, -0.2) is 4.98 Å². The SMILES string of the molecule is O=C(c1ccc2ccccc2n1)N(CC[NH+]1CCOCC1)Cc1ccc2c(c1)OCO2. The van der Waals surface area contributed by atoms with Gasteiger partial charge in [-0.3, -0.25) is 4.79 Å². The number of carbonyl (C=O) groups is 1. The zero-order chi connectivity index (χ0) is 21.0. The van der Waals surface area contributed by atoms with E-state index in [4.69, 9.17) is 14.2 Å². The predicted molar refractivity (Wildman–Crippen MR) is 115 cm³/mol. The maximum absolute atomic E-state index is 13.5. The van der Waals surface area contributed by atoms with Crippen LogP contribution in [0.1, 0.15) is 16.1 Å². The zero-order valence-electron chi connectivity index (χ0n) is 17.4. The van der Waals surface area contributed by atoms with E-state index in [9.17, 15) is 4.79 Å². The number of hydrogen-bond donors (Lipinski definition) is 1. The highest BCUT2D eigenvalue weighted by molar-refractivity contribution is 5.94. The fraction of sp³-hybridized carbons (Fsp3) is 0.333. The summed E-state index contributed by atoms with van der Waals surface area (Å²) in [7, 11) is 0. The number of rotatable bonds is 6. The van der Waals surface area contributed by atoms with Crippen LogP contribution in [0.4, 0.5) is 0 Å². The highest BCUT2D eigenvalue weighted by Gasteiger charge is 2.22. The van der Waals surface area contributed by atoms with Gasteiger partial charge < -0.3 is 24.0 Å². The third kappa shape index (κ3) is 4.47. The molecule has 2 aliphatic heterocycles. The molecule has 2 aromatic carbocycles. The number of carbonyl (C=O) groups excluding carboxylic acids is 1. The van der Waals surface area contributed by atoms with E-state index < -0.39 is 0 Å². The second-order valence-electron chi connectivity index (χ2n) is 7.92. The molecule has 7 nitrogen and oxygen atoms in total. The van der Waals surface area contributed by atoms with Crippen LogP contribution >= 0.6 is 0 Å². The fourth-order valence-corrected chi connectivity index (χ4v) is 4.06. The van der Waals surface area contributed by atoms with Crippen molar-refractivity contribution in [2.75, 3.05) is 46.2 Å². The number of aromatic nitrogens is 1. The molecule has 1 aromatic heterocycles. The Balaban J connectivity index is 1.38. The van der Waals surface area contributed by atoms with Gasteiger partial charge in [-0.2, -0.15) is 0 Å². The van der Waals surface area contributed by atoms with Gasteiger partial charge in [0.05, 0.1) is 31.8 Å². The van der Waals surface area contributed by atoms with Crippen molar-refractivity contribution in [2.24, 2.45) is 0 Å². The van der Waals surface area contributed by atoms with Crippen molar-refractivity contribution in [1.29, 1.82) is 0 Å². The fourth-order valence-electron chi connectivity index (χ4n) is 4.06. The number of hydrogen-bond acceptors (Lipinski definition) is 5. The van der Waals surface area contributed by atoms with Crippen molar-refractivity contribution in [1.82, 2.24) is 9.88 Å². The van der Waals surface area contributed by atoms with Crippen molar-refractivity contribution in [3.63, 3.8) is 0 Å². The van der Waals surface area contributed by atoms with E-state index >= 15 is 0 Å². The van der Waals surface area contributed by atoms with Crippen LogP contribution in [0.25, 0.3) is 10.9 Å². The number of pyridine rings is 1. The van der Waals surface area contributed by atoms with Crippen LogP contribution in [0.15, 0.2) is 54.6 Å². The molecule has 0 bridgehead atoms. The Bertz CT molecular complexity index is 1080. The van der Waals surface area contributed by atoms with E-state index in [2.05, 4.69) is 4.98 Å². The molecule has 0 radical (unpaired) electrons. The first-order valence-electron chi connectivity index (χ1n) is 10.7. The van der Waals surface area contributed by atoms with Gasteiger partial charge in [0.2, 0.25) is 6.79 Å². The first-order valence-corrected chi connectivity index (χ1v) is 10.7. The molecule has 7 heteroatoms. The topological polar surface area (TPSA) is 65.3 Å². The molecule has 0 aliphatic carbocycles. The van der Waals surface area contributed by atoms with Crippen LogP contribution in [0.5, 0.6) is 11.5 Å². The third-order valence-corrected chi connectivity index (χ3v) is 5.85. The van der Waals surface area contributed by atoms with Gasteiger partial charge in [0.25, 0.3) is 5.91 Å². The Morgan fingerprint density at radius 2 is 1.84 bits per heavy atom. The molecule has 160 valence electrons. The smallest absolute Gasteiger partial charge is 0.272 e. The highest BCUT2D eigenvalue weighted by atomic mass is 16.7. The third-order valence-electron chi connectivity index (χ3n) is 5.85. The molecule has 3 aromatic rings. The van der Waals surface area contributed by atoms with E-state index in [1.165, 1.54) is 4.90 Å². The Morgan fingerprint density at radius 3 is 2.74 bits per heavy atom. The van der Waals surface area contributed by atoms with E-state index in [0.29, 0.717) is 18.8 Å². The van der Waals surface area contributed by atoms with Gasteiger partial charge in [0.1, 0.15) is 18.8 Å². The second-order valence-corrected chi connectivity index (χ2v) is 7.92. The number of quaternary nitrogens is 1. The van der Waals surface area contributed by atoms with Crippen LogP contribution in [-0.2, 0) is 11.3 Å². The van der Waals surface area contributed by atoms with E-state index in [1.807, 2.05) is 59.5 Å². The molecule has 3 heterocycles. The van der Waals surface area contributed by atoms with Gasteiger partial charge in [0.15, 0.2) is 11.5 Å². The second kappa shape index (κ2) is 8.91. The lowest BCUT2D eigenvalue weighted by Gasteiger charge is -2.28. The number of nitrogens with one attached hydrogen (secondary N) is 1. The number of benzene rings is 2. The molecule has 31 heavy (non-hydrogen) atoms. The molecular formula is C24H26N3O4+. The molecule has 1 N–H and O–H groups in total. The van der Waals surface area contributed by atoms with Crippen molar-refractivity contribution >= 4 is 16.8 Å². The quantitative estimate of drug-likeness (QED) is 0.655. The van der Waals surface area contributed by atoms with Crippen molar-refractivity contribution in [3.8, 4) is 11.5 Å². The summed E-state index contributed by atoms with van der Waals surface area (Å²) in [6.07, 6.45) is 0. The van der Waals surface area contributed by atoms with Crippen LogP contribution < -0.4 is 14.4 Å². The maximum Gasteiger partial charge on any atom is 0.272 e. The minimum Gasteiger partial charge on any atom is -0.454 e. The molecule has 5 rings (SSSR count).